The Morgan fingerprint density at radius 1 is 1.35 bits per heavy atom. The lowest BCUT2D eigenvalue weighted by atomic mass is 10.1. The number of ether oxygens (including phenoxy) is 1. The van der Waals surface area contributed by atoms with Crippen molar-refractivity contribution in [3.63, 3.8) is 0 Å². The lowest BCUT2D eigenvalue weighted by molar-refractivity contribution is 0.406. The van der Waals surface area contributed by atoms with Gasteiger partial charge in [0, 0.05) is 35.1 Å². The normalized spacial score (nSPS) is 12.4. The van der Waals surface area contributed by atoms with Crippen LogP contribution in [0.25, 0.3) is 0 Å². The van der Waals surface area contributed by atoms with Crippen molar-refractivity contribution in [3.05, 3.63) is 41.0 Å². The van der Waals surface area contributed by atoms with Gasteiger partial charge in [0.1, 0.15) is 5.75 Å². The third kappa shape index (κ3) is 2.82. The van der Waals surface area contributed by atoms with Gasteiger partial charge in [-0.15, -0.1) is 0 Å². The number of hydrogen-bond donors (Lipinski definition) is 1. The fourth-order valence-corrected chi connectivity index (χ4v) is 2.24. The first-order valence-electron chi connectivity index (χ1n) is 6.75. The predicted octanol–water partition coefficient (Wildman–Crippen LogP) is 2.23. The molecule has 2 aromatic rings. The molecule has 0 bridgehead atoms. The van der Waals surface area contributed by atoms with Gasteiger partial charge in [0.15, 0.2) is 0 Å². The summed E-state index contributed by atoms with van der Waals surface area (Å²) in [7, 11) is 3.64. The van der Waals surface area contributed by atoms with E-state index in [-0.39, 0.29) is 0 Å². The number of nitrogens with zero attached hydrogens (tertiary/aromatic N) is 3. The predicted molar refractivity (Wildman–Crippen MR) is 79.1 cm³/mol. The summed E-state index contributed by atoms with van der Waals surface area (Å²) in [6.45, 7) is 6.80. The van der Waals surface area contributed by atoms with E-state index in [0.717, 1.165) is 22.6 Å². The van der Waals surface area contributed by atoms with Crippen LogP contribution in [0.15, 0.2) is 18.6 Å². The summed E-state index contributed by atoms with van der Waals surface area (Å²) < 4.78 is 7.35. The molecule has 2 aromatic heterocycles. The van der Waals surface area contributed by atoms with Crippen LogP contribution in [0.2, 0.25) is 0 Å². The average molecular weight is 274 g/mol. The van der Waals surface area contributed by atoms with Crippen LogP contribution in [0.3, 0.4) is 0 Å². The molecule has 0 saturated carbocycles. The molecule has 0 aliphatic rings. The summed E-state index contributed by atoms with van der Waals surface area (Å²) in [6, 6.07) is 0.297. The number of nitrogens with one attached hydrogen (secondary N) is 1. The number of aromatic nitrogens is 3. The van der Waals surface area contributed by atoms with Crippen molar-refractivity contribution in [1.29, 1.82) is 0 Å². The molecule has 1 N–H and O–H groups in total. The molecule has 5 heteroatoms. The Kier molecular flexibility index (Phi) is 4.39. The molecule has 0 amide bonds. The van der Waals surface area contributed by atoms with E-state index < -0.39 is 0 Å². The molecule has 2 rings (SSSR count). The highest BCUT2D eigenvalue weighted by Crippen LogP contribution is 2.24. The molecule has 20 heavy (non-hydrogen) atoms. The van der Waals surface area contributed by atoms with Crippen molar-refractivity contribution in [2.75, 3.05) is 14.2 Å². The van der Waals surface area contributed by atoms with Crippen molar-refractivity contribution in [2.45, 2.75) is 33.4 Å². The van der Waals surface area contributed by atoms with Crippen LogP contribution in [0.5, 0.6) is 5.75 Å². The van der Waals surface area contributed by atoms with Gasteiger partial charge in [-0.3, -0.25) is 9.67 Å². The number of rotatable bonds is 5. The van der Waals surface area contributed by atoms with Gasteiger partial charge in [-0.05, 0) is 27.8 Å². The molecule has 0 aliphatic carbocycles. The third-order valence-electron chi connectivity index (χ3n) is 3.65. The lowest BCUT2D eigenvalue weighted by Gasteiger charge is -2.12. The van der Waals surface area contributed by atoms with Crippen LogP contribution in [0.4, 0.5) is 0 Å². The molecule has 108 valence electrons. The molecule has 0 aromatic carbocycles. The molecule has 2 heterocycles. The average Bonchev–Trinajstić information content (AvgIpc) is 2.90. The highest BCUT2D eigenvalue weighted by Gasteiger charge is 2.11. The van der Waals surface area contributed by atoms with Gasteiger partial charge in [-0.2, -0.15) is 5.10 Å². The summed E-state index contributed by atoms with van der Waals surface area (Å²) in [5.74, 6) is 0.908. The standard InChI is InChI=1S/C15H22N4O/c1-10-6-17-14(11(2)15(10)20-5)9-19-8-13(7-18-19)12(3)16-4/h6-8,12,16H,9H2,1-5H3. The van der Waals surface area contributed by atoms with E-state index in [1.807, 2.05) is 38.0 Å². The summed E-state index contributed by atoms with van der Waals surface area (Å²) in [5, 5.41) is 7.60. The smallest absolute Gasteiger partial charge is 0.128 e. The van der Waals surface area contributed by atoms with E-state index in [4.69, 9.17) is 4.74 Å². The first-order valence-corrected chi connectivity index (χ1v) is 6.75. The van der Waals surface area contributed by atoms with Crippen LogP contribution >= 0.6 is 0 Å². The zero-order valence-corrected chi connectivity index (χ0v) is 12.8. The summed E-state index contributed by atoms with van der Waals surface area (Å²) in [5.41, 5.74) is 4.29. The molecule has 0 saturated heterocycles. The van der Waals surface area contributed by atoms with Crippen molar-refractivity contribution < 1.29 is 4.74 Å². The Labute approximate surface area is 120 Å². The van der Waals surface area contributed by atoms with Gasteiger partial charge in [0.2, 0.25) is 0 Å². The number of pyridine rings is 1. The van der Waals surface area contributed by atoms with Gasteiger partial charge in [0.25, 0.3) is 0 Å². The SMILES string of the molecule is CNC(C)c1cnn(Cc2ncc(C)c(OC)c2C)c1. The van der Waals surface area contributed by atoms with Gasteiger partial charge in [-0.1, -0.05) is 0 Å². The van der Waals surface area contributed by atoms with Gasteiger partial charge in [0.05, 0.1) is 25.5 Å². The summed E-state index contributed by atoms with van der Waals surface area (Å²) in [4.78, 5) is 4.50. The molecule has 0 aliphatic heterocycles. The zero-order valence-electron chi connectivity index (χ0n) is 12.8. The highest BCUT2D eigenvalue weighted by molar-refractivity contribution is 5.41. The van der Waals surface area contributed by atoms with Crippen LogP contribution in [0, 0.1) is 13.8 Å². The topological polar surface area (TPSA) is 52.0 Å². The Balaban J connectivity index is 2.24. The zero-order chi connectivity index (χ0) is 14.7. The van der Waals surface area contributed by atoms with E-state index in [9.17, 15) is 0 Å². The second kappa shape index (κ2) is 6.05. The second-order valence-corrected chi connectivity index (χ2v) is 5.03. The maximum atomic E-state index is 5.44. The molecular formula is C15H22N4O. The van der Waals surface area contributed by atoms with Crippen LogP contribution < -0.4 is 10.1 Å². The fourth-order valence-electron chi connectivity index (χ4n) is 2.24. The van der Waals surface area contributed by atoms with Crippen LogP contribution in [0.1, 0.15) is 35.3 Å². The van der Waals surface area contributed by atoms with E-state index in [2.05, 4.69) is 28.5 Å². The Morgan fingerprint density at radius 3 is 2.75 bits per heavy atom. The van der Waals surface area contributed by atoms with Crippen molar-refractivity contribution >= 4 is 0 Å². The Morgan fingerprint density at radius 2 is 2.10 bits per heavy atom. The monoisotopic (exact) mass is 274 g/mol. The van der Waals surface area contributed by atoms with Crippen LogP contribution in [-0.4, -0.2) is 28.9 Å². The highest BCUT2D eigenvalue weighted by atomic mass is 16.5. The van der Waals surface area contributed by atoms with Crippen LogP contribution in [-0.2, 0) is 6.54 Å². The maximum absolute atomic E-state index is 5.44. The van der Waals surface area contributed by atoms with Crippen molar-refractivity contribution in [3.8, 4) is 5.75 Å². The van der Waals surface area contributed by atoms with Crippen molar-refractivity contribution in [2.24, 2.45) is 0 Å². The number of aryl methyl sites for hydroxylation is 1. The van der Waals surface area contributed by atoms with Gasteiger partial charge < -0.3 is 10.1 Å². The van der Waals surface area contributed by atoms with E-state index in [1.54, 1.807) is 7.11 Å². The molecule has 0 spiro atoms. The number of hydrogen-bond acceptors (Lipinski definition) is 4. The van der Waals surface area contributed by atoms with Crippen molar-refractivity contribution in [1.82, 2.24) is 20.1 Å². The first kappa shape index (κ1) is 14.5. The quantitative estimate of drug-likeness (QED) is 0.908. The van der Waals surface area contributed by atoms with Gasteiger partial charge in [-0.25, -0.2) is 0 Å². The molecule has 5 nitrogen and oxygen atoms in total. The third-order valence-corrected chi connectivity index (χ3v) is 3.65. The van der Waals surface area contributed by atoms with Gasteiger partial charge >= 0.3 is 0 Å². The molecule has 0 fully saturated rings. The minimum atomic E-state index is 0.297. The Bertz CT molecular complexity index is 592. The van der Waals surface area contributed by atoms with E-state index in [1.165, 1.54) is 5.56 Å². The molecule has 0 radical (unpaired) electrons. The minimum absolute atomic E-state index is 0.297. The van der Waals surface area contributed by atoms with E-state index in [0.29, 0.717) is 12.6 Å². The number of methoxy groups -OCH3 is 1. The fraction of sp³-hybridized carbons (Fsp3) is 0.467. The largest absolute Gasteiger partial charge is 0.496 e. The van der Waals surface area contributed by atoms with E-state index >= 15 is 0 Å². The molecular weight excluding hydrogens is 252 g/mol. The molecule has 1 unspecified atom stereocenters. The first-order chi connectivity index (χ1) is 9.56. The minimum Gasteiger partial charge on any atom is -0.496 e. The lowest BCUT2D eigenvalue weighted by Crippen LogP contribution is -2.11. The second-order valence-electron chi connectivity index (χ2n) is 5.03. The Hall–Kier alpha value is -1.88. The summed E-state index contributed by atoms with van der Waals surface area (Å²) in [6.07, 6.45) is 5.79. The maximum Gasteiger partial charge on any atom is 0.128 e. The summed E-state index contributed by atoms with van der Waals surface area (Å²) >= 11 is 0. The molecule has 1 atom stereocenters.